The molecule has 192 valence electrons. The highest BCUT2D eigenvalue weighted by Gasteiger charge is 2.19. The lowest BCUT2D eigenvalue weighted by Crippen LogP contribution is -2.39. The van der Waals surface area contributed by atoms with Crippen LogP contribution in [0.3, 0.4) is 0 Å². The lowest BCUT2D eigenvalue weighted by Gasteiger charge is -2.29. The van der Waals surface area contributed by atoms with Crippen molar-refractivity contribution in [1.29, 1.82) is 0 Å². The third-order valence-electron chi connectivity index (χ3n) is 6.35. The summed E-state index contributed by atoms with van der Waals surface area (Å²) >= 11 is 0. The molecule has 4 aromatic rings. The standard InChI is InChI=1S/C31H35N3O3/c1-24-13-15-25(16-14-24)18-33(19-26-8-2-4-11-30(26)36)22-29(35)23-34(21-28-10-6-7-17-32-28)20-27-9-3-5-12-31(27)37/h2-17,29,35-37H,18-23H2,1H3. The van der Waals surface area contributed by atoms with Gasteiger partial charge in [-0.3, -0.25) is 14.8 Å². The molecule has 0 aliphatic rings. The van der Waals surface area contributed by atoms with E-state index in [2.05, 4.69) is 46.0 Å². The lowest BCUT2D eigenvalue weighted by atomic mass is 10.1. The molecule has 0 saturated heterocycles. The minimum Gasteiger partial charge on any atom is -0.508 e. The molecular weight excluding hydrogens is 462 g/mol. The van der Waals surface area contributed by atoms with Crippen molar-refractivity contribution in [3.63, 3.8) is 0 Å². The van der Waals surface area contributed by atoms with Gasteiger partial charge in [-0.1, -0.05) is 72.3 Å². The summed E-state index contributed by atoms with van der Waals surface area (Å²) in [6, 6.07) is 28.8. The molecule has 0 fully saturated rings. The summed E-state index contributed by atoms with van der Waals surface area (Å²) < 4.78 is 0. The number of pyridine rings is 1. The zero-order chi connectivity index (χ0) is 26.0. The van der Waals surface area contributed by atoms with Gasteiger partial charge in [-0.25, -0.2) is 0 Å². The quantitative estimate of drug-likeness (QED) is 0.259. The van der Waals surface area contributed by atoms with Gasteiger partial charge in [0.25, 0.3) is 0 Å². The Hall–Kier alpha value is -3.71. The normalized spacial score (nSPS) is 12.2. The summed E-state index contributed by atoms with van der Waals surface area (Å²) in [5.74, 6) is 0.491. The summed E-state index contributed by atoms with van der Waals surface area (Å²) in [4.78, 5) is 8.71. The highest BCUT2D eigenvalue weighted by Crippen LogP contribution is 2.21. The first-order chi connectivity index (χ1) is 18.0. The van der Waals surface area contributed by atoms with Crippen LogP contribution in [0.25, 0.3) is 0 Å². The first kappa shape index (κ1) is 26.4. The molecular formula is C31H35N3O3. The van der Waals surface area contributed by atoms with E-state index in [1.165, 1.54) is 5.56 Å². The first-order valence-electron chi connectivity index (χ1n) is 12.6. The Bertz CT molecular complexity index is 1250. The first-order valence-corrected chi connectivity index (χ1v) is 12.6. The molecule has 1 atom stereocenters. The number of aliphatic hydroxyl groups excluding tert-OH is 1. The number of phenolic OH excluding ortho intramolecular Hbond substituents is 2. The smallest absolute Gasteiger partial charge is 0.120 e. The predicted molar refractivity (Wildman–Crippen MR) is 146 cm³/mol. The van der Waals surface area contributed by atoms with Crippen molar-refractivity contribution in [3.05, 3.63) is 125 Å². The molecule has 37 heavy (non-hydrogen) atoms. The van der Waals surface area contributed by atoms with E-state index < -0.39 is 6.10 Å². The number of benzene rings is 3. The summed E-state index contributed by atoms with van der Waals surface area (Å²) in [6.45, 7) is 5.07. The molecule has 1 unspecified atom stereocenters. The van der Waals surface area contributed by atoms with Gasteiger partial charge in [-0.15, -0.1) is 0 Å². The second kappa shape index (κ2) is 13.0. The Kier molecular flexibility index (Phi) is 9.27. The van der Waals surface area contributed by atoms with Gasteiger partial charge in [0.2, 0.25) is 0 Å². The zero-order valence-electron chi connectivity index (χ0n) is 21.2. The molecule has 0 radical (unpaired) electrons. The van der Waals surface area contributed by atoms with Crippen LogP contribution in [-0.2, 0) is 26.2 Å². The van der Waals surface area contributed by atoms with Crippen LogP contribution in [0.4, 0.5) is 0 Å². The maximum Gasteiger partial charge on any atom is 0.120 e. The van der Waals surface area contributed by atoms with E-state index in [1.54, 1.807) is 24.4 Å². The highest BCUT2D eigenvalue weighted by atomic mass is 16.3. The number of aryl methyl sites for hydroxylation is 1. The van der Waals surface area contributed by atoms with Crippen LogP contribution in [0.1, 0.15) is 27.9 Å². The van der Waals surface area contributed by atoms with Gasteiger partial charge in [0.1, 0.15) is 11.5 Å². The number of phenols is 2. The van der Waals surface area contributed by atoms with Crippen LogP contribution in [-0.4, -0.2) is 49.3 Å². The van der Waals surface area contributed by atoms with E-state index in [0.717, 1.165) is 22.4 Å². The number of rotatable bonds is 12. The molecule has 3 aromatic carbocycles. The Balaban J connectivity index is 1.50. The summed E-state index contributed by atoms with van der Waals surface area (Å²) in [5.41, 5.74) is 4.87. The van der Waals surface area contributed by atoms with Gasteiger partial charge in [0, 0.05) is 56.6 Å². The van der Waals surface area contributed by atoms with Crippen LogP contribution >= 0.6 is 0 Å². The van der Waals surface area contributed by atoms with E-state index in [-0.39, 0.29) is 11.5 Å². The molecule has 1 aromatic heterocycles. The molecule has 1 heterocycles. The van der Waals surface area contributed by atoms with Gasteiger partial charge < -0.3 is 15.3 Å². The molecule has 0 aliphatic heterocycles. The Morgan fingerprint density at radius 1 is 0.649 bits per heavy atom. The van der Waals surface area contributed by atoms with Gasteiger partial charge in [0.15, 0.2) is 0 Å². The Morgan fingerprint density at radius 2 is 1.19 bits per heavy atom. The SMILES string of the molecule is Cc1ccc(CN(Cc2ccccc2O)CC(O)CN(Cc2ccccn2)Cc2ccccc2O)cc1. The number of hydrogen-bond donors (Lipinski definition) is 3. The van der Waals surface area contributed by atoms with E-state index in [9.17, 15) is 15.3 Å². The molecule has 0 bridgehead atoms. The summed E-state index contributed by atoms with van der Waals surface area (Å²) in [5, 5.41) is 32.0. The monoisotopic (exact) mass is 497 g/mol. The zero-order valence-corrected chi connectivity index (χ0v) is 21.2. The Morgan fingerprint density at radius 3 is 1.73 bits per heavy atom. The topological polar surface area (TPSA) is 80.1 Å². The molecule has 0 aliphatic carbocycles. The van der Waals surface area contributed by atoms with Gasteiger partial charge in [-0.05, 0) is 36.8 Å². The van der Waals surface area contributed by atoms with E-state index >= 15 is 0 Å². The fourth-order valence-electron chi connectivity index (χ4n) is 4.47. The van der Waals surface area contributed by atoms with Gasteiger partial charge in [0.05, 0.1) is 11.8 Å². The van der Waals surface area contributed by atoms with Crippen LogP contribution in [0.15, 0.2) is 97.2 Å². The molecule has 6 nitrogen and oxygen atoms in total. The molecule has 0 spiro atoms. The third-order valence-corrected chi connectivity index (χ3v) is 6.35. The van der Waals surface area contributed by atoms with Crippen LogP contribution in [0.2, 0.25) is 0 Å². The summed E-state index contributed by atoms with van der Waals surface area (Å²) in [7, 11) is 0. The van der Waals surface area contributed by atoms with Crippen LogP contribution in [0, 0.1) is 6.92 Å². The van der Waals surface area contributed by atoms with Gasteiger partial charge in [-0.2, -0.15) is 0 Å². The largest absolute Gasteiger partial charge is 0.508 e. The van der Waals surface area contributed by atoms with Crippen LogP contribution in [0.5, 0.6) is 11.5 Å². The fraction of sp³-hybridized carbons (Fsp3) is 0.258. The fourth-order valence-corrected chi connectivity index (χ4v) is 4.47. The maximum absolute atomic E-state index is 11.3. The van der Waals surface area contributed by atoms with Crippen molar-refractivity contribution in [1.82, 2.24) is 14.8 Å². The van der Waals surface area contributed by atoms with E-state index in [4.69, 9.17) is 0 Å². The number of aromatic hydroxyl groups is 2. The van der Waals surface area contributed by atoms with Crippen molar-refractivity contribution in [2.45, 2.75) is 39.2 Å². The second-order valence-corrected chi connectivity index (χ2v) is 9.56. The number of nitrogens with zero attached hydrogens (tertiary/aromatic N) is 3. The lowest BCUT2D eigenvalue weighted by molar-refractivity contribution is 0.0622. The average molecular weight is 498 g/mol. The van der Waals surface area contributed by atoms with Crippen molar-refractivity contribution >= 4 is 0 Å². The minimum atomic E-state index is -0.661. The van der Waals surface area contributed by atoms with E-state index in [0.29, 0.717) is 39.3 Å². The molecule has 6 heteroatoms. The van der Waals surface area contributed by atoms with Crippen molar-refractivity contribution in [2.75, 3.05) is 13.1 Å². The molecule has 4 rings (SSSR count). The molecule has 0 amide bonds. The summed E-state index contributed by atoms with van der Waals surface area (Å²) in [6.07, 6.45) is 1.10. The van der Waals surface area contributed by atoms with Crippen molar-refractivity contribution in [2.24, 2.45) is 0 Å². The highest BCUT2D eigenvalue weighted by molar-refractivity contribution is 5.32. The second-order valence-electron chi connectivity index (χ2n) is 9.56. The molecule has 0 saturated carbocycles. The maximum atomic E-state index is 11.3. The number of hydrogen-bond acceptors (Lipinski definition) is 6. The average Bonchev–Trinajstić information content (AvgIpc) is 2.88. The number of aromatic nitrogens is 1. The number of para-hydroxylation sites is 2. The van der Waals surface area contributed by atoms with Crippen LogP contribution < -0.4 is 0 Å². The van der Waals surface area contributed by atoms with Crippen molar-refractivity contribution in [3.8, 4) is 11.5 Å². The van der Waals surface area contributed by atoms with Gasteiger partial charge >= 0.3 is 0 Å². The predicted octanol–water partition coefficient (Wildman–Crippen LogP) is 4.87. The third kappa shape index (κ3) is 8.15. The minimum absolute atomic E-state index is 0.239. The molecule has 3 N–H and O–H groups in total. The van der Waals surface area contributed by atoms with E-state index in [1.807, 2.05) is 48.5 Å². The number of aliphatic hydroxyl groups is 1. The Labute approximate surface area is 219 Å². The van der Waals surface area contributed by atoms with Crippen molar-refractivity contribution < 1.29 is 15.3 Å².